The number of rotatable bonds is 4. The van der Waals surface area contributed by atoms with Gasteiger partial charge in [-0.05, 0) is 50.1 Å². The number of carbonyl (C=O) groups is 2. The van der Waals surface area contributed by atoms with Crippen LogP contribution in [0.1, 0.15) is 18.1 Å². The Kier molecular flexibility index (Phi) is 5.64. The van der Waals surface area contributed by atoms with E-state index in [0.717, 1.165) is 16.8 Å². The highest BCUT2D eigenvalue weighted by Gasteiger charge is 2.28. The van der Waals surface area contributed by atoms with E-state index in [1.54, 1.807) is 21.9 Å². The molecule has 1 aliphatic rings. The molecule has 6 heteroatoms. The van der Waals surface area contributed by atoms with Gasteiger partial charge in [0.15, 0.2) is 0 Å². The predicted molar refractivity (Wildman–Crippen MR) is 105 cm³/mol. The van der Waals surface area contributed by atoms with Gasteiger partial charge >= 0.3 is 6.03 Å². The number of amides is 3. The number of benzene rings is 2. The highest BCUT2D eigenvalue weighted by molar-refractivity contribution is 5.97. The molecule has 142 valence electrons. The van der Waals surface area contributed by atoms with Crippen molar-refractivity contribution in [2.24, 2.45) is 0 Å². The first-order chi connectivity index (χ1) is 12.9. The van der Waals surface area contributed by atoms with Crippen LogP contribution in [0.3, 0.4) is 0 Å². The quantitative estimate of drug-likeness (QED) is 0.873. The summed E-state index contributed by atoms with van der Waals surface area (Å²) in [5.41, 5.74) is 3.04. The Labute approximate surface area is 159 Å². The lowest BCUT2D eigenvalue weighted by Crippen LogP contribution is -2.56. The minimum Gasteiger partial charge on any atom is -0.508 e. The number of hydrogen-bond donors (Lipinski definition) is 2. The normalized spacial score (nSPS) is 15.6. The number of hydrogen-bond acceptors (Lipinski definition) is 3. The van der Waals surface area contributed by atoms with Gasteiger partial charge in [0.1, 0.15) is 12.3 Å². The maximum atomic E-state index is 12.5. The number of aromatic hydroxyl groups is 1. The Bertz CT molecular complexity index is 802. The summed E-state index contributed by atoms with van der Waals surface area (Å²) in [6.07, 6.45) is 0.656. The van der Waals surface area contributed by atoms with Crippen molar-refractivity contribution in [3.63, 3.8) is 0 Å². The van der Waals surface area contributed by atoms with Crippen molar-refractivity contribution in [2.45, 2.75) is 26.3 Å². The van der Waals surface area contributed by atoms with E-state index < -0.39 is 0 Å². The molecule has 0 spiro atoms. The van der Waals surface area contributed by atoms with Crippen LogP contribution in [0.2, 0.25) is 0 Å². The number of nitrogens with zero attached hydrogens (tertiary/aromatic N) is 2. The van der Waals surface area contributed by atoms with Crippen LogP contribution in [0, 0.1) is 6.92 Å². The third-order valence-electron chi connectivity index (χ3n) is 4.70. The summed E-state index contributed by atoms with van der Waals surface area (Å²) in [6.45, 7) is 4.99. The average Bonchev–Trinajstić information content (AvgIpc) is 2.64. The number of nitrogens with one attached hydrogen (secondary N) is 1. The van der Waals surface area contributed by atoms with Gasteiger partial charge in [-0.2, -0.15) is 0 Å². The summed E-state index contributed by atoms with van der Waals surface area (Å²) in [4.78, 5) is 28.3. The van der Waals surface area contributed by atoms with Crippen LogP contribution in [-0.4, -0.2) is 47.6 Å². The topological polar surface area (TPSA) is 72.9 Å². The van der Waals surface area contributed by atoms with Crippen molar-refractivity contribution >= 4 is 17.6 Å². The van der Waals surface area contributed by atoms with Crippen LogP contribution in [0.4, 0.5) is 10.5 Å². The van der Waals surface area contributed by atoms with Crippen molar-refractivity contribution in [1.29, 1.82) is 0 Å². The summed E-state index contributed by atoms with van der Waals surface area (Å²) in [6, 6.07) is 14.5. The fourth-order valence-electron chi connectivity index (χ4n) is 3.18. The zero-order chi connectivity index (χ0) is 19.4. The van der Waals surface area contributed by atoms with E-state index in [-0.39, 0.29) is 30.3 Å². The molecule has 0 bridgehead atoms. The molecule has 27 heavy (non-hydrogen) atoms. The van der Waals surface area contributed by atoms with E-state index in [4.69, 9.17) is 0 Å². The Morgan fingerprint density at radius 2 is 1.78 bits per heavy atom. The summed E-state index contributed by atoms with van der Waals surface area (Å²) in [5.74, 6) is 0.145. The molecule has 0 radical (unpaired) electrons. The highest BCUT2D eigenvalue weighted by atomic mass is 16.3. The largest absolute Gasteiger partial charge is 0.508 e. The third kappa shape index (κ3) is 4.78. The molecule has 2 aromatic rings. The molecular weight excluding hydrogens is 342 g/mol. The Morgan fingerprint density at radius 1 is 1.11 bits per heavy atom. The van der Waals surface area contributed by atoms with E-state index in [1.807, 2.05) is 50.2 Å². The number of phenolic OH excluding ortho intramolecular Hbond substituents is 1. The zero-order valence-electron chi connectivity index (χ0n) is 15.7. The Balaban J connectivity index is 1.53. The first-order valence-electron chi connectivity index (χ1n) is 9.13. The highest BCUT2D eigenvalue weighted by Crippen LogP contribution is 2.18. The van der Waals surface area contributed by atoms with Crippen LogP contribution < -0.4 is 10.2 Å². The first-order valence-corrected chi connectivity index (χ1v) is 9.13. The van der Waals surface area contributed by atoms with Crippen LogP contribution in [0.15, 0.2) is 48.5 Å². The maximum absolute atomic E-state index is 12.5. The fourth-order valence-corrected chi connectivity index (χ4v) is 3.18. The van der Waals surface area contributed by atoms with Gasteiger partial charge in [0, 0.05) is 24.8 Å². The number of aryl methyl sites for hydroxylation is 1. The van der Waals surface area contributed by atoms with Gasteiger partial charge in [0.25, 0.3) is 0 Å². The van der Waals surface area contributed by atoms with E-state index in [1.165, 1.54) is 0 Å². The maximum Gasteiger partial charge on any atom is 0.318 e. The van der Waals surface area contributed by atoms with Gasteiger partial charge in [-0.1, -0.05) is 29.8 Å². The van der Waals surface area contributed by atoms with Crippen LogP contribution in [-0.2, 0) is 11.2 Å². The van der Waals surface area contributed by atoms with Gasteiger partial charge in [-0.25, -0.2) is 4.79 Å². The lowest BCUT2D eigenvalue weighted by Gasteiger charge is -2.35. The van der Waals surface area contributed by atoms with Gasteiger partial charge in [0.2, 0.25) is 5.91 Å². The minimum absolute atomic E-state index is 0.0750. The SMILES string of the molecule is Cc1ccc(N2CCN(C(=O)NC(C)Cc3ccc(O)cc3)CC2=O)cc1. The van der Waals surface area contributed by atoms with Crippen LogP contribution >= 0.6 is 0 Å². The van der Waals surface area contributed by atoms with E-state index >= 15 is 0 Å². The molecule has 0 saturated carbocycles. The lowest BCUT2D eigenvalue weighted by atomic mass is 10.1. The van der Waals surface area contributed by atoms with Crippen molar-refractivity contribution in [3.8, 4) is 5.75 Å². The Morgan fingerprint density at radius 3 is 2.41 bits per heavy atom. The summed E-state index contributed by atoms with van der Waals surface area (Å²) >= 11 is 0. The summed E-state index contributed by atoms with van der Waals surface area (Å²) < 4.78 is 0. The van der Waals surface area contributed by atoms with Crippen molar-refractivity contribution < 1.29 is 14.7 Å². The molecule has 3 amide bonds. The van der Waals surface area contributed by atoms with Gasteiger partial charge in [-0.15, -0.1) is 0 Å². The lowest BCUT2D eigenvalue weighted by molar-refractivity contribution is -0.120. The fraction of sp³-hybridized carbons (Fsp3) is 0.333. The minimum atomic E-state index is -0.224. The third-order valence-corrected chi connectivity index (χ3v) is 4.70. The summed E-state index contributed by atoms with van der Waals surface area (Å²) in [5, 5.41) is 12.3. The number of piperazine rings is 1. The van der Waals surface area contributed by atoms with E-state index in [9.17, 15) is 14.7 Å². The standard InChI is InChI=1S/C21H25N3O3/c1-15-3-7-18(8-4-15)24-12-11-23(14-20(24)26)21(27)22-16(2)13-17-5-9-19(25)10-6-17/h3-10,16,25H,11-14H2,1-2H3,(H,22,27). The van der Waals surface area contributed by atoms with Crippen LogP contribution in [0.5, 0.6) is 5.75 Å². The molecule has 1 fully saturated rings. The van der Waals surface area contributed by atoms with Crippen LogP contribution in [0.25, 0.3) is 0 Å². The molecule has 2 aromatic carbocycles. The number of phenols is 1. The molecule has 1 saturated heterocycles. The molecule has 1 unspecified atom stereocenters. The molecule has 0 aliphatic carbocycles. The molecule has 1 heterocycles. The second-order valence-electron chi connectivity index (χ2n) is 7.02. The number of urea groups is 1. The molecule has 0 aromatic heterocycles. The smallest absolute Gasteiger partial charge is 0.318 e. The zero-order valence-corrected chi connectivity index (χ0v) is 15.7. The van der Waals surface area contributed by atoms with E-state index in [0.29, 0.717) is 19.5 Å². The monoisotopic (exact) mass is 367 g/mol. The second kappa shape index (κ2) is 8.12. The summed E-state index contributed by atoms with van der Waals surface area (Å²) in [7, 11) is 0. The van der Waals surface area contributed by atoms with Gasteiger partial charge in [0.05, 0.1) is 0 Å². The molecule has 1 atom stereocenters. The molecule has 1 aliphatic heterocycles. The first kappa shape index (κ1) is 18.8. The number of anilines is 1. The van der Waals surface area contributed by atoms with E-state index in [2.05, 4.69) is 5.32 Å². The van der Waals surface area contributed by atoms with Crippen molar-refractivity contribution in [2.75, 3.05) is 24.5 Å². The number of carbonyl (C=O) groups excluding carboxylic acids is 2. The average molecular weight is 367 g/mol. The molecule has 2 N–H and O–H groups in total. The molecule has 3 rings (SSSR count). The molecular formula is C21H25N3O3. The second-order valence-corrected chi connectivity index (χ2v) is 7.02. The molecule has 6 nitrogen and oxygen atoms in total. The van der Waals surface area contributed by atoms with Crippen molar-refractivity contribution in [3.05, 3.63) is 59.7 Å². The van der Waals surface area contributed by atoms with Crippen molar-refractivity contribution in [1.82, 2.24) is 10.2 Å². The Hall–Kier alpha value is -3.02. The van der Waals surface area contributed by atoms with Gasteiger partial charge < -0.3 is 20.2 Å². The predicted octanol–water partition coefficient (Wildman–Crippen LogP) is 2.69. The van der Waals surface area contributed by atoms with Gasteiger partial charge in [-0.3, -0.25) is 4.79 Å².